The summed E-state index contributed by atoms with van der Waals surface area (Å²) in [6.45, 7) is 0.440. The van der Waals surface area contributed by atoms with Gasteiger partial charge in [0.05, 0.1) is 0 Å². The number of nitrogens with one attached hydrogen (secondary N) is 2. The Morgan fingerprint density at radius 1 is 1.35 bits per heavy atom. The summed E-state index contributed by atoms with van der Waals surface area (Å²) in [6.07, 6.45) is 0.347. The van der Waals surface area contributed by atoms with Crippen LogP contribution in [0.3, 0.4) is 0 Å². The molecule has 94 valence electrons. The van der Waals surface area contributed by atoms with Gasteiger partial charge in [-0.1, -0.05) is 0 Å². The van der Waals surface area contributed by atoms with Crippen molar-refractivity contribution in [3.63, 3.8) is 0 Å². The molecule has 0 radical (unpaired) electrons. The van der Waals surface area contributed by atoms with Gasteiger partial charge in [0.2, 0.25) is 23.8 Å². The molecule has 1 rings (SSSR count). The van der Waals surface area contributed by atoms with Crippen molar-refractivity contribution >= 4 is 23.8 Å². The van der Waals surface area contributed by atoms with Gasteiger partial charge in [-0.2, -0.15) is 15.0 Å². The largest absolute Gasteiger partial charge is 0.368 e. The Morgan fingerprint density at radius 2 is 2.06 bits per heavy atom. The van der Waals surface area contributed by atoms with Gasteiger partial charge in [0.15, 0.2) is 0 Å². The van der Waals surface area contributed by atoms with Gasteiger partial charge in [0.25, 0.3) is 0 Å². The molecule has 0 saturated carbocycles. The van der Waals surface area contributed by atoms with E-state index in [-0.39, 0.29) is 11.9 Å². The van der Waals surface area contributed by atoms with Gasteiger partial charge in [-0.3, -0.25) is 4.79 Å². The van der Waals surface area contributed by atoms with Gasteiger partial charge in [-0.15, -0.1) is 0 Å². The Morgan fingerprint density at radius 3 is 2.65 bits per heavy atom. The average molecular weight is 239 g/mol. The van der Waals surface area contributed by atoms with E-state index in [1.165, 1.54) is 0 Å². The predicted molar refractivity (Wildman–Crippen MR) is 65.7 cm³/mol. The molecule has 0 aromatic carbocycles. The Balaban J connectivity index is 2.62. The number of nitrogens with two attached hydrogens (primary N) is 1. The summed E-state index contributed by atoms with van der Waals surface area (Å²) in [5.74, 6) is 0.934. The van der Waals surface area contributed by atoms with Crippen LogP contribution in [0.15, 0.2) is 0 Å². The van der Waals surface area contributed by atoms with E-state index in [0.29, 0.717) is 24.9 Å². The van der Waals surface area contributed by atoms with E-state index in [1.54, 1.807) is 11.9 Å². The third kappa shape index (κ3) is 4.09. The van der Waals surface area contributed by atoms with E-state index in [1.807, 2.05) is 14.1 Å². The van der Waals surface area contributed by atoms with Crippen LogP contribution in [0.1, 0.15) is 6.42 Å². The fourth-order valence-electron chi connectivity index (χ4n) is 1.07. The fraction of sp³-hybridized carbons (Fsp3) is 0.556. The van der Waals surface area contributed by atoms with Gasteiger partial charge in [0, 0.05) is 34.1 Å². The van der Waals surface area contributed by atoms with Crippen LogP contribution in [0.25, 0.3) is 0 Å². The summed E-state index contributed by atoms with van der Waals surface area (Å²) in [6, 6.07) is 0. The van der Waals surface area contributed by atoms with Crippen LogP contribution in [0.2, 0.25) is 0 Å². The smallest absolute Gasteiger partial charge is 0.231 e. The van der Waals surface area contributed by atoms with Crippen molar-refractivity contribution in [3.05, 3.63) is 0 Å². The minimum atomic E-state index is -0.0487. The van der Waals surface area contributed by atoms with Crippen molar-refractivity contribution in [1.29, 1.82) is 0 Å². The fourth-order valence-corrected chi connectivity index (χ4v) is 1.07. The molecule has 0 atom stereocenters. The zero-order valence-electron chi connectivity index (χ0n) is 10.2. The first-order valence-corrected chi connectivity index (χ1v) is 5.16. The van der Waals surface area contributed by atoms with Gasteiger partial charge in [-0.05, 0) is 0 Å². The van der Waals surface area contributed by atoms with Crippen LogP contribution in [-0.2, 0) is 4.79 Å². The van der Waals surface area contributed by atoms with E-state index < -0.39 is 0 Å². The molecule has 0 fully saturated rings. The van der Waals surface area contributed by atoms with E-state index in [9.17, 15) is 4.79 Å². The first-order chi connectivity index (χ1) is 8.02. The standard InChI is InChI=1S/C9H17N7O/c1-11-6(17)4-5-12-8-13-7(10)14-9(15-8)16(2)3/h4-5H2,1-3H3,(H,11,17)(H3,10,12,13,14,15). The van der Waals surface area contributed by atoms with E-state index in [4.69, 9.17) is 5.73 Å². The number of carbonyl (C=O) groups is 1. The molecule has 0 bridgehead atoms. The highest BCUT2D eigenvalue weighted by Crippen LogP contribution is 2.08. The van der Waals surface area contributed by atoms with Gasteiger partial charge in [0.1, 0.15) is 0 Å². The molecule has 0 spiro atoms. The number of anilines is 3. The number of carbonyl (C=O) groups excluding carboxylic acids is 1. The van der Waals surface area contributed by atoms with Crippen molar-refractivity contribution < 1.29 is 4.79 Å². The van der Waals surface area contributed by atoms with Crippen LogP contribution in [0.5, 0.6) is 0 Å². The van der Waals surface area contributed by atoms with Gasteiger partial charge < -0.3 is 21.3 Å². The summed E-state index contributed by atoms with van der Waals surface area (Å²) in [7, 11) is 5.21. The lowest BCUT2D eigenvalue weighted by Crippen LogP contribution is -2.22. The van der Waals surface area contributed by atoms with Gasteiger partial charge in [-0.25, -0.2) is 0 Å². The molecule has 0 unspecified atom stereocenters. The monoisotopic (exact) mass is 239 g/mol. The molecule has 8 heteroatoms. The number of nitrogen functional groups attached to an aromatic ring is 1. The highest BCUT2D eigenvalue weighted by Gasteiger charge is 2.06. The summed E-state index contributed by atoms with van der Waals surface area (Å²) < 4.78 is 0. The Kier molecular flexibility index (Phi) is 4.44. The first kappa shape index (κ1) is 12.9. The highest BCUT2D eigenvalue weighted by atomic mass is 16.1. The second-order valence-electron chi connectivity index (χ2n) is 3.56. The second kappa shape index (κ2) is 5.83. The van der Waals surface area contributed by atoms with Crippen molar-refractivity contribution in [2.75, 3.05) is 43.6 Å². The highest BCUT2D eigenvalue weighted by molar-refractivity contribution is 5.75. The average Bonchev–Trinajstić information content (AvgIpc) is 2.28. The van der Waals surface area contributed by atoms with E-state index >= 15 is 0 Å². The number of rotatable bonds is 5. The zero-order valence-corrected chi connectivity index (χ0v) is 10.2. The third-order valence-electron chi connectivity index (χ3n) is 1.95. The molecular formula is C9H17N7O. The molecule has 0 aliphatic carbocycles. The molecule has 0 aliphatic rings. The molecule has 17 heavy (non-hydrogen) atoms. The quantitative estimate of drug-likeness (QED) is 0.609. The maximum atomic E-state index is 11.0. The maximum Gasteiger partial charge on any atom is 0.231 e. The Hall–Kier alpha value is -2.12. The lowest BCUT2D eigenvalue weighted by Gasteiger charge is -2.11. The lowest BCUT2D eigenvalue weighted by molar-refractivity contribution is -0.120. The van der Waals surface area contributed by atoms with Crippen molar-refractivity contribution in [1.82, 2.24) is 20.3 Å². The van der Waals surface area contributed by atoms with Crippen LogP contribution in [-0.4, -0.2) is 48.5 Å². The number of nitrogens with zero attached hydrogens (tertiary/aromatic N) is 4. The third-order valence-corrected chi connectivity index (χ3v) is 1.95. The van der Waals surface area contributed by atoms with E-state index in [0.717, 1.165) is 0 Å². The Bertz CT molecular complexity index is 393. The van der Waals surface area contributed by atoms with Crippen LogP contribution >= 0.6 is 0 Å². The van der Waals surface area contributed by atoms with Crippen LogP contribution in [0.4, 0.5) is 17.8 Å². The van der Waals surface area contributed by atoms with Gasteiger partial charge >= 0.3 is 0 Å². The summed E-state index contributed by atoms with van der Waals surface area (Å²) in [5.41, 5.74) is 5.55. The molecule has 1 heterocycles. The lowest BCUT2D eigenvalue weighted by atomic mass is 10.4. The normalized spacial score (nSPS) is 9.82. The van der Waals surface area contributed by atoms with Crippen LogP contribution in [0, 0.1) is 0 Å². The minimum Gasteiger partial charge on any atom is -0.368 e. The van der Waals surface area contributed by atoms with Crippen molar-refractivity contribution in [2.45, 2.75) is 6.42 Å². The number of hydrogen-bond acceptors (Lipinski definition) is 7. The molecule has 1 aromatic rings. The van der Waals surface area contributed by atoms with E-state index in [2.05, 4.69) is 25.6 Å². The number of amides is 1. The summed E-state index contributed by atoms with van der Waals surface area (Å²) in [4.78, 5) is 24.7. The SMILES string of the molecule is CNC(=O)CCNc1nc(N)nc(N(C)C)n1. The van der Waals surface area contributed by atoms with Crippen molar-refractivity contribution in [3.8, 4) is 0 Å². The minimum absolute atomic E-state index is 0.0487. The molecule has 0 aliphatic heterocycles. The molecule has 1 aromatic heterocycles. The molecular weight excluding hydrogens is 222 g/mol. The summed E-state index contributed by atoms with van der Waals surface area (Å²) in [5, 5.41) is 5.44. The molecule has 4 N–H and O–H groups in total. The topological polar surface area (TPSA) is 109 Å². The summed E-state index contributed by atoms with van der Waals surface area (Å²) >= 11 is 0. The number of aromatic nitrogens is 3. The van der Waals surface area contributed by atoms with Crippen LogP contribution < -0.4 is 21.3 Å². The number of hydrogen-bond donors (Lipinski definition) is 3. The molecule has 1 amide bonds. The first-order valence-electron chi connectivity index (χ1n) is 5.16. The van der Waals surface area contributed by atoms with Crippen molar-refractivity contribution in [2.24, 2.45) is 0 Å². The zero-order chi connectivity index (χ0) is 12.8. The molecule has 8 nitrogen and oxygen atoms in total. The molecule has 0 saturated heterocycles. The maximum absolute atomic E-state index is 11.0. The second-order valence-corrected chi connectivity index (χ2v) is 3.56. The predicted octanol–water partition coefficient (Wildman–Crippen LogP) is -0.932. The Labute approximate surface area is 99.6 Å².